The van der Waals surface area contributed by atoms with E-state index < -0.39 is 10.0 Å². The molecule has 1 saturated heterocycles. The van der Waals surface area contributed by atoms with Crippen LogP contribution in [0.15, 0.2) is 47.6 Å². The van der Waals surface area contributed by atoms with Crippen molar-refractivity contribution in [2.45, 2.75) is 36.6 Å². The molecule has 0 atom stereocenters. The minimum absolute atomic E-state index is 0.362. The van der Waals surface area contributed by atoms with Crippen LogP contribution in [0.3, 0.4) is 0 Å². The van der Waals surface area contributed by atoms with Gasteiger partial charge in [-0.3, -0.25) is 4.90 Å². The monoisotopic (exact) mass is 360 g/mol. The van der Waals surface area contributed by atoms with Gasteiger partial charge < -0.3 is 0 Å². The van der Waals surface area contributed by atoms with E-state index in [-0.39, 0.29) is 0 Å². The standard InChI is InChI=1S/C18H24N4O2S/c23-25(24,18-8-6-17(7-9-18)22-13-2-10-19-22)21-12-3-11-20(14-15-21)16-4-1-5-16/h2,6-10,13,16H,1,3-5,11-12,14-15H2. The zero-order chi connectivity index (χ0) is 17.3. The van der Waals surface area contributed by atoms with Crippen molar-refractivity contribution in [1.29, 1.82) is 0 Å². The van der Waals surface area contributed by atoms with Crippen LogP contribution in [-0.4, -0.2) is 59.6 Å². The van der Waals surface area contributed by atoms with Crippen molar-refractivity contribution >= 4 is 10.0 Å². The van der Waals surface area contributed by atoms with E-state index in [1.807, 2.05) is 12.3 Å². The smallest absolute Gasteiger partial charge is 0.243 e. The highest BCUT2D eigenvalue weighted by atomic mass is 32.2. The van der Waals surface area contributed by atoms with Crippen LogP contribution in [0.4, 0.5) is 0 Å². The lowest BCUT2D eigenvalue weighted by atomic mass is 9.91. The van der Waals surface area contributed by atoms with Crippen LogP contribution in [0.1, 0.15) is 25.7 Å². The molecule has 25 heavy (non-hydrogen) atoms. The van der Waals surface area contributed by atoms with Crippen molar-refractivity contribution in [3.63, 3.8) is 0 Å². The largest absolute Gasteiger partial charge is 0.299 e. The molecule has 2 fully saturated rings. The van der Waals surface area contributed by atoms with E-state index in [0.717, 1.165) is 25.2 Å². The summed E-state index contributed by atoms with van der Waals surface area (Å²) in [4.78, 5) is 2.83. The molecular weight excluding hydrogens is 336 g/mol. The Morgan fingerprint density at radius 1 is 0.960 bits per heavy atom. The molecule has 1 saturated carbocycles. The van der Waals surface area contributed by atoms with Crippen LogP contribution >= 0.6 is 0 Å². The average molecular weight is 360 g/mol. The van der Waals surface area contributed by atoms with Gasteiger partial charge in [0.25, 0.3) is 0 Å². The summed E-state index contributed by atoms with van der Waals surface area (Å²) in [6.07, 6.45) is 8.29. The third-order valence-electron chi connectivity index (χ3n) is 5.32. The minimum atomic E-state index is -3.43. The molecule has 1 aromatic heterocycles. The molecule has 0 bridgehead atoms. The summed E-state index contributed by atoms with van der Waals surface area (Å²) in [5.74, 6) is 0. The van der Waals surface area contributed by atoms with E-state index >= 15 is 0 Å². The van der Waals surface area contributed by atoms with E-state index in [1.165, 1.54) is 19.3 Å². The van der Waals surface area contributed by atoms with Crippen LogP contribution in [0.25, 0.3) is 5.69 Å². The molecular formula is C18H24N4O2S. The Kier molecular flexibility index (Phi) is 4.62. The number of hydrogen-bond donors (Lipinski definition) is 0. The molecule has 0 N–H and O–H groups in total. The van der Waals surface area contributed by atoms with E-state index in [0.29, 0.717) is 24.0 Å². The summed E-state index contributed by atoms with van der Waals surface area (Å²) in [6, 6.07) is 9.49. The SMILES string of the molecule is O=S(=O)(c1ccc(-n2cccn2)cc1)N1CCCN(C2CCC2)CC1. The summed E-state index contributed by atoms with van der Waals surface area (Å²) in [6.45, 7) is 3.04. The van der Waals surface area contributed by atoms with Crippen molar-refractivity contribution in [2.75, 3.05) is 26.2 Å². The molecule has 0 radical (unpaired) electrons. The van der Waals surface area contributed by atoms with Crippen LogP contribution in [-0.2, 0) is 10.0 Å². The fourth-order valence-corrected chi connectivity index (χ4v) is 5.08. The Hall–Kier alpha value is -1.70. The molecule has 2 aromatic rings. The van der Waals surface area contributed by atoms with Crippen molar-refractivity contribution in [1.82, 2.24) is 19.0 Å². The van der Waals surface area contributed by atoms with E-state index in [1.54, 1.807) is 39.4 Å². The Morgan fingerprint density at radius 3 is 2.40 bits per heavy atom. The number of rotatable bonds is 4. The summed E-state index contributed by atoms with van der Waals surface area (Å²) in [5.41, 5.74) is 0.857. The molecule has 2 heterocycles. The van der Waals surface area contributed by atoms with Crippen LogP contribution in [0.5, 0.6) is 0 Å². The quantitative estimate of drug-likeness (QED) is 0.838. The molecule has 6 nitrogen and oxygen atoms in total. The van der Waals surface area contributed by atoms with Crippen LogP contribution < -0.4 is 0 Å². The minimum Gasteiger partial charge on any atom is -0.299 e. The molecule has 1 aliphatic carbocycles. The van der Waals surface area contributed by atoms with Gasteiger partial charge in [-0.25, -0.2) is 13.1 Å². The first-order chi connectivity index (χ1) is 12.1. The summed E-state index contributed by atoms with van der Waals surface area (Å²) in [7, 11) is -3.43. The lowest BCUT2D eigenvalue weighted by molar-refractivity contribution is 0.134. The van der Waals surface area contributed by atoms with E-state index in [2.05, 4.69) is 10.00 Å². The van der Waals surface area contributed by atoms with Crippen LogP contribution in [0.2, 0.25) is 0 Å². The maximum atomic E-state index is 13.0. The number of sulfonamides is 1. The molecule has 0 unspecified atom stereocenters. The highest BCUT2D eigenvalue weighted by Gasteiger charge is 2.30. The molecule has 0 amide bonds. The van der Waals surface area contributed by atoms with Crippen molar-refractivity contribution in [3.8, 4) is 5.69 Å². The van der Waals surface area contributed by atoms with Gasteiger partial charge in [0.05, 0.1) is 10.6 Å². The summed E-state index contributed by atoms with van der Waals surface area (Å²) in [5, 5.41) is 4.17. The summed E-state index contributed by atoms with van der Waals surface area (Å²) < 4.78 is 29.3. The van der Waals surface area contributed by atoms with Crippen molar-refractivity contribution < 1.29 is 8.42 Å². The third-order valence-corrected chi connectivity index (χ3v) is 7.24. The fourth-order valence-electron chi connectivity index (χ4n) is 3.61. The van der Waals surface area contributed by atoms with Gasteiger partial charge >= 0.3 is 0 Å². The predicted molar refractivity (Wildman–Crippen MR) is 96.2 cm³/mol. The maximum absolute atomic E-state index is 13.0. The Morgan fingerprint density at radius 2 is 1.76 bits per heavy atom. The molecule has 0 spiro atoms. The highest BCUT2D eigenvalue weighted by Crippen LogP contribution is 2.26. The van der Waals surface area contributed by atoms with Gasteiger partial charge in [-0.1, -0.05) is 6.42 Å². The Bertz CT molecular complexity index is 798. The second-order valence-electron chi connectivity index (χ2n) is 6.82. The first-order valence-corrected chi connectivity index (χ1v) is 10.4. The molecule has 7 heteroatoms. The fraction of sp³-hybridized carbons (Fsp3) is 0.500. The molecule has 4 rings (SSSR count). The summed E-state index contributed by atoms with van der Waals surface area (Å²) >= 11 is 0. The second-order valence-corrected chi connectivity index (χ2v) is 8.76. The number of nitrogens with zero attached hydrogens (tertiary/aromatic N) is 4. The second kappa shape index (κ2) is 6.90. The van der Waals surface area contributed by atoms with E-state index in [4.69, 9.17) is 0 Å². The highest BCUT2D eigenvalue weighted by molar-refractivity contribution is 7.89. The van der Waals surface area contributed by atoms with E-state index in [9.17, 15) is 8.42 Å². The maximum Gasteiger partial charge on any atom is 0.243 e. The average Bonchev–Trinajstić information content (AvgIpc) is 3.00. The first-order valence-electron chi connectivity index (χ1n) is 8.99. The van der Waals surface area contributed by atoms with Crippen LogP contribution in [0, 0.1) is 0 Å². The van der Waals surface area contributed by atoms with Gasteiger partial charge in [-0.15, -0.1) is 0 Å². The van der Waals surface area contributed by atoms with Gasteiger partial charge in [0.15, 0.2) is 0 Å². The zero-order valence-electron chi connectivity index (χ0n) is 14.3. The first kappa shape index (κ1) is 16.8. The predicted octanol–water partition coefficient (Wildman–Crippen LogP) is 2.12. The lowest BCUT2D eigenvalue weighted by Gasteiger charge is -2.36. The van der Waals surface area contributed by atoms with Gasteiger partial charge in [0.1, 0.15) is 0 Å². The van der Waals surface area contributed by atoms with Crippen molar-refractivity contribution in [2.24, 2.45) is 0 Å². The zero-order valence-corrected chi connectivity index (χ0v) is 15.1. The normalized spacial score (nSPS) is 21.0. The van der Waals surface area contributed by atoms with Gasteiger partial charge in [0, 0.05) is 38.1 Å². The molecule has 134 valence electrons. The van der Waals surface area contributed by atoms with Gasteiger partial charge in [-0.05, 0) is 56.1 Å². The Labute approximate surface area is 149 Å². The lowest BCUT2D eigenvalue weighted by Crippen LogP contribution is -2.42. The Balaban J connectivity index is 1.48. The molecule has 1 aliphatic heterocycles. The number of aromatic nitrogens is 2. The molecule has 2 aliphatic rings. The number of hydrogen-bond acceptors (Lipinski definition) is 4. The number of benzene rings is 1. The van der Waals surface area contributed by atoms with Gasteiger partial charge in [-0.2, -0.15) is 9.40 Å². The third kappa shape index (κ3) is 3.36. The molecule has 1 aromatic carbocycles. The topological polar surface area (TPSA) is 58.4 Å². The van der Waals surface area contributed by atoms with Gasteiger partial charge in [0.2, 0.25) is 10.0 Å². The van der Waals surface area contributed by atoms with Crippen molar-refractivity contribution in [3.05, 3.63) is 42.7 Å².